The lowest BCUT2D eigenvalue weighted by Gasteiger charge is -2.27. The molecule has 1 aliphatic rings. The van der Waals surface area contributed by atoms with Crippen LogP contribution in [0.5, 0.6) is 0 Å². The Morgan fingerprint density at radius 3 is 2.81 bits per heavy atom. The van der Waals surface area contributed by atoms with Crippen molar-refractivity contribution in [2.45, 2.75) is 6.54 Å². The third-order valence-electron chi connectivity index (χ3n) is 3.41. The highest BCUT2D eigenvalue weighted by Crippen LogP contribution is 2.18. The molecular weight excluding hydrogens is 288 g/mol. The number of benzene rings is 1. The van der Waals surface area contributed by atoms with Crippen molar-refractivity contribution in [2.75, 3.05) is 36.5 Å². The van der Waals surface area contributed by atoms with Crippen LogP contribution in [-0.4, -0.2) is 36.3 Å². The number of nitrogens with zero attached hydrogens (tertiary/aromatic N) is 3. The molecule has 0 spiro atoms. The van der Waals surface area contributed by atoms with Gasteiger partial charge in [-0.15, -0.1) is 0 Å². The first kappa shape index (κ1) is 14.1. The van der Waals surface area contributed by atoms with Crippen LogP contribution in [0.4, 0.5) is 11.6 Å². The van der Waals surface area contributed by atoms with Crippen molar-refractivity contribution in [2.24, 2.45) is 0 Å². The lowest BCUT2D eigenvalue weighted by Crippen LogP contribution is -2.36. The fourth-order valence-electron chi connectivity index (χ4n) is 2.24. The molecule has 1 aromatic heterocycles. The molecule has 2 aromatic rings. The van der Waals surface area contributed by atoms with Crippen LogP contribution < -0.4 is 10.2 Å². The van der Waals surface area contributed by atoms with Gasteiger partial charge in [0, 0.05) is 30.7 Å². The molecule has 1 aromatic carbocycles. The average Bonchev–Trinajstić information content (AvgIpc) is 2.55. The van der Waals surface area contributed by atoms with Gasteiger partial charge in [-0.3, -0.25) is 0 Å². The first-order valence-electron chi connectivity index (χ1n) is 6.95. The van der Waals surface area contributed by atoms with Crippen LogP contribution in [0, 0.1) is 0 Å². The number of anilines is 2. The normalized spacial score (nSPS) is 15.0. The van der Waals surface area contributed by atoms with Crippen molar-refractivity contribution in [3.8, 4) is 0 Å². The minimum Gasteiger partial charge on any atom is -0.378 e. The molecule has 1 aliphatic heterocycles. The summed E-state index contributed by atoms with van der Waals surface area (Å²) < 4.78 is 5.35. The minimum absolute atomic E-state index is 0.638. The van der Waals surface area contributed by atoms with E-state index >= 15 is 0 Å². The molecule has 0 unspecified atom stereocenters. The second-order valence-corrected chi connectivity index (χ2v) is 5.21. The Morgan fingerprint density at radius 1 is 1.19 bits per heavy atom. The number of hydrogen-bond donors (Lipinski definition) is 1. The highest BCUT2D eigenvalue weighted by molar-refractivity contribution is 6.31. The average molecular weight is 305 g/mol. The van der Waals surface area contributed by atoms with Gasteiger partial charge >= 0.3 is 0 Å². The second kappa shape index (κ2) is 6.74. The quantitative estimate of drug-likeness (QED) is 0.941. The van der Waals surface area contributed by atoms with Crippen LogP contribution in [0.2, 0.25) is 5.02 Å². The maximum absolute atomic E-state index is 6.15. The topological polar surface area (TPSA) is 50.3 Å². The molecule has 1 saturated heterocycles. The molecule has 6 heteroatoms. The van der Waals surface area contributed by atoms with Crippen molar-refractivity contribution in [1.82, 2.24) is 9.97 Å². The molecular formula is C15H17ClN4O. The molecule has 5 nitrogen and oxygen atoms in total. The largest absolute Gasteiger partial charge is 0.378 e. The third kappa shape index (κ3) is 3.62. The monoisotopic (exact) mass is 304 g/mol. The van der Waals surface area contributed by atoms with Crippen molar-refractivity contribution in [3.63, 3.8) is 0 Å². The van der Waals surface area contributed by atoms with Gasteiger partial charge in [0.1, 0.15) is 18.0 Å². The molecule has 0 radical (unpaired) electrons. The highest BCUT2D eigenvalue weighted by Gasteiger charge is 2.13. The predicted molar refractivity (Wildman–Crippen MR) is 83.8 cm³/mol. The molecule has 1 N–H and O–H groups in total. The Kier molecular flexibility index (Phi) is 4.52. The van der Waals surface area contributed by atoms with E-state index in [1.165, 1.54) is 0 Å². The Morgan fingerprint density at radius 2 is 2.00 bits per heavy atom. The Bertz CT molecular complexity index is 602. The minimum atomic E-state index is 0.638. The van der Waals surface area contributed by atoms with E-state index < -0.39 is 0 Å². The van der Waals surface area contributed by atoms with Gasteiger partial charge in [-0.05, 0) is 11.6 Å². The van der Waals surface area contributed by atoms with E-state index in [1.54, 1.807) is 6.33 Å². The van der Waals surface area contributed by atoms with Gasteiger partial charge < -0.3 is 15.0 Å². The van der Waals surface area contributed by atoms with Crippen LogP contribution in [0.3, 0.4) is 0 Å². The van der Waals surface area contributed by atoms with E-state index in [4.69, 9.17) is 16.3 Å². The summed E-state index contributed by atoms with van der Waals surface area (Å²) in [6.07, 6.45) is 1.58. The zero-order valence-corrected chi connectivity index (χ0v) is 12.4. The summed E-state index contributed by atoms with van der Waals surface area (Å²) in [5.74, 6) is 1.72. The predicted octanol–water partition coefficient (Wildman–Crippen LogP) is 2.58. The van der Waals surface area contributed by atoms with E-state index in [1.807, 2.05) is 30.3 Å². The molecule has 0 atom stereocenters. The summed E-state index contributed by atoms with van der Waals surface area (Å²) in [5.41, 5.74) is 1.05. The molecule has 2 heterocycles. The van der Waals surface area contributed by atoms with E-state index in [0.717, 1.165) is 48.5 Å². The smallest absolute Gasteiger partial charge is 0.134 e. The van der Waals surface area contributed by atoms with Crippen molar-refractivity contribution in [1.29, 1.82) is 0 Å². The standard InChI is InChI=1S/C15H17ClN4O/c16-13-4-2-1-3-12(13)10-17-14-9-15(19-11-18-14)20-5-7-21-8-6-20/h1-4,9,11H,5-8,10H2,(H,17,18,19). The number of morpholine rings is 1. The molecule has 0 aliphatic carbocycles. The zero-order valence-electron chi connectivity index (χ0n) is 11.6. The van der Waals surface area contributed by atoms with E-state index in [9.17, 15) is 0 Å². The van der Waals surface area contributed by atoms with Crippen molar-refractivity contribution < 1.29 is 4.74 Å². The van der Waals surface area contributed by atoms with Gasteiger partial charge in [0.15, 0.2) is 0 Å². The van der Waals surface area contributed by atoms with E-state index in [2.05, 4.69) is 20.2 Å². The van der Waals surface area contributed by atoms with Crippen LogP contribution in [-0.2, 0) is 11.3 Å². The molecule has 3 rings (SSSR count). The second-order valence-electron chi connectivity index (χ2n) is 4.81. The van der Waals surface area contributed by atoms with Crippen LogP contribution in [0.25, 0.3) is 0 Å². The first-order valence-corrected chi connectivity index (χ1v) is 7.33. The lowest BCUT2D eigenvalue weighted by molar-refractivity contribution is 0.122. The summed E-state index contributed by atoms with van der Waals surface area (Å²) in [4.78, 5) is 10.8. The van der Waals surface area contributed by atoms with Gasteiger partial charge in [0.05, 0.1) is 13.2 Å². The van der Waals surface area contributed by atoms with Crippen LogP contribution in [0.1, 0.15) is 5.56 Å². The Balaban J connectivity index is 1.67. The Hall–Kier alpha value is -1.85. The van der Waals surface area contributed by atoms with Crippen LogP contribution in [0.15, 0.2) is 36.7 Å². The van der Waals surface area contributed by atoms with E-state index in [-0.39, 0.29) is 0 Å². The molecule has 21 heavy (non-hydrogen) atoms. The molecule has 0 amide bonds. The third-order valence-corrected chi connectivity index (χ3v) is 3.77. The van der Waals surface area contributed by atoms with Crippen molar-refractivity contribution in [3.05, 3.63) is 47.2 Å². The molecule has 0 bridgehead atoms. The Labute approximate surface area is 128 Å². The number of aromatic nitrogens is 2. The van der Waals surface area contributed by atoms with Crippen molar-refractivity contribution >= 4 is 23.2 Å². The number of rotatable bonds is 4. The summed E-state index contributed by atoms with van der Waals surface area (Å²) in [6.45, 7) is 3.85. The maximum Gasteiger partial charge on any atom is 0.134 e. The number of hydrogen-bond acceptors (Lipinski definition) is 5. The summed E-state index contributed by atoms with van der Waals surface area (Å²) in [6, 6.07) is 9.74. The van der Waals surface area contributed by atoms with Gasteiger partial charge in [-0.1, -0.05) is 29.8 Å². The van der Waals surface area contributed by atoms with E-state index in [0.29, 0.717) is 6.54 Å². The molecule has 0 saturated carbocycles. The molecule has 1 fully saturated rings. The van der Waals surface area contributed by atoms with Crippen LogP contribution >= 0.6 is 11.6 Å². The zero-order chi connectivity index (χ0) is 14.5. The summed E-state index contributed by atoms with van der Waals surface area (Å²) in [5, 5.41) is 4.04. The fraction of sp³-hybridized carbons (Fsp3) is 0.333. The summed E-state index contributed by atoms with van der Waals surface area (Å²) in [7, 11) is 0. The fourth-order valence-corrected chi connectivity index (χ4v) is 2.44. The maximum atomic E-state index is 6.15. The van der Waals surface area contributed by atoms with Gasteiger partial charge in [-0.2, -0.15) is 0 Å². The highest BCUT2D eigenvalue weighted by atomic mass is 35.5. The number of nitrogens with one attached hydrogen (secondary N) is 1. The van der Waals surface area contributed by atoms with Gasteiger partial charge in [-0.25, -0.2) is 9.97 Å². The molecule has 110 valence electrons. The van der Waals surface area contributed by atoms with Gasteiger partial charge in [0.25, 0.3) is 0 Å². The lowest BCUT2D eigenvalue weighted by atomic mass is 10.2. The first-order chi connectivity index (χ1) is 10.3. The number of halogens is 1. The SMILES string of the molecule is Clc1ccccc1CNc1cc(N2CCOCC2)ncn1. The number of ether oxygens (including phenoxy) is 1. The van der Waals surface area contributed by atoms with Gasteiger partial charge in [0.2, 0.25) is 0 Å². The summed E-state index contributed by atoms with van der Waals surface area (Å²) >= 11 is 6.15.